The summed E-state index contributed by atoms with van der Waals surface area (Å²) in [5.74, 6) is -3.29. The molecule has 0 heterocycles. The number of ether oxygens (including phenoxy) is 1. The zero-order valence-corrected chi connectivity index (χ0v) is 9.32. The monoisotopic (exact) mass is 272 g/mol. The van der Waals surface area contributed by atoms with Crippen molar-refractivity contribution >= 4 is 23.5 Å². The van der Waals surface area contributed by atoms with Crippen molar-refractivity contribution in [1.82, 2.24) is 0 Å². The van der Waals surface area contributed by atoms with Crippen LogP contribution in [0.5, 0.6) is 0 Å². The topological polar surface area (TPSA) is 145 Å². The van der Waals surface area contributed by atoms with Gasteiger partial charge >= 0.3 is 11.9 Å². The third-order valence-electron chi connectivity index (χ3n) is 1.82. The second kappa shape index (κ2) is 7.54. The van der Waals surface area contributed by atoms with Gasteiger partial charge in [0.2, 0.25) is 0 Å². The zero-order chi connectivity index (χ0) is 13.6. The summed E-state index contributed by atoms with van der Waals surface area (Å²) in [5.41, 5.74) is 0. The maximum Gasteiger partial charge on any atom is 0.345 e. The molecule has 17 heavy (non-hydrogen) atoms. The summed E-state index contributed by atoms with van der Waals surface area (Å²) in [4.78, 5) is 21.6. The second-order valence-corrected chi connectivity index (χ2v) is 3.37. The molecule has 0 bridgehead atoms. The summed E-state index contributed by atoms with van der Waals surface area (Å²) in [7, 11) is 0. The van der Waals surface area contributed by atoms with E-state index < -0.39 is 48.8 Å². The van der Waals surface area contributed by atoms with Crippen molar-refractivity contribution in [3.63, 3.8) is 0 Å². The smallest absolute Gasteiger partial charge is 0.345 e. The molecule has 0 aliphatic heterocycles. The van der Waals surface area contributed by atoms with E-state index in [1.807, 2.05) is 0 Å². The first-order valence-corrected chi connectivity index (χ1v) is 5.02. The third kappa shape index (κ3) is 4.94. The number of carbonyl (C=O) groups excluding carboxylic acids is 2. The highest BCUT2D eigenvalue weighted by Crippen LogP contribution is 2.06. The summed E-state index contributed by atoms with van der Waals surface area (Å²) in [6, 6.07) is 0. The molecule has 0 aliphatic rings. The average molecular weight is 273 g/mol. The van der Waals surface area contributed by atoms with Crippen LogP contribution >= 0.6 is 11.6 Å². The predicted octanol–water partition coefficient (Wildman–Crippen LogP) is -3.27. The number of carbonyl (C=O) groups is 2. The van der Waals surface area contributed by atoms with Crippen molar-refractivity contribution in [2.45, 2.75) is 24.4 Å². The predicted molar refractivity (Wildman–Crippen MR) is 52.9 cm³/mol. The van der Waals surface area contributed by atoms with E-state index in [1.54, 1.807) is 0 Å². The molecule has 100 valence electrons. The van der Waals surface area contributed by atoms with Crippen molar-refractivity contribution in [3.05, 3.63) is 0 Å². The Labute approximate surface area is 101 Å². The maximum atomic E-state index is 11.0. The van der Waals surface area contributed by atoms with Crippen LogP contribution in [0.25, 0.3) is 0 Å². The van der Waals surface area contributed by atoms with Gasteiger partial charge in [-0.3, -0.25) is 4.79 Å². The molecule has 5 N–H and O–H groups in total. The summed E-state index contributed by atoms with van der Waals surface area (Å²) < 4.78 is 3.97. The minimum absolute atomic E-state index is 0.629. The number of aliphatic hydroxyl groups is 5. The Hall–Kier alpha value is -0.770. The fraction of sp³-hybridized carbons (Fsp3) is 0.750. The molecule has 0 unspecified atom stereocenters. The highest BCUT2D eigenvalue weighted by Gasteiger charge is 2.35. The van der Waals surface area contributed by atoms with Crippen molar-refractivity contribution in [3.8, 4) is 0 Å². The number of rotatable bonds is 6. The molecule has 0 fully saturated rings. The van der Waals surface area contributed by atoms with Crippen LogP contribution in [0.3, 0.4) is 0 Å². The average Bonchev–Trinajstić information content (AvgIpc) is 2.34. The molecular formula is C8H13ClO8. The number of esters is 2. The van der Waals surface area contributed by atoms with Gasteiger partial charge in [-0.15, -0.1) is 11.6 Å². The van der Waals surface area contributed by atoms with Crippen LogP contribution in [0.1, 0.15) is 0 Å². The first-order chi connectivity index (χ1) is 7.84. The molecule has 0 rings (SSSR count). The minimum Gasteiger partial charge on any atom is -0.394 e. The number of hydrogen-bond acceptors (Lipinski definition) is 8. The summed E-state index contributed by atoms with van der Waals surface area (Å²) in [6.45, 7) is -0.888. The van der Waals surface area contributed by atoms with Gasteiger partial charge in [-0.25, -0.2) is 4.79 Å². The van der Waals surface area contributed by atoms with Gasteiger partial charge < -0.3 is 30.3 Å². The standard InChI is InChI=1S/C8H13ClO8/c9-1-4(12)17-8(16)7(15)6(14)5(13)3(11)2-10/h3,5-7,10-11,13-15H,1-2H2/t3-,5-,6+,7-/m1/s1. The van der Waals surface area contributed by atoms with Crippen molar-refractivity contribution < 1.29 is 39.9 Å². The van der Waals surface area contributed by atoms with Crippen LogP contribution in [-0.4, -0.2) is 74.4 Å². The van der Waals surface area contributed by atoms with Crippen LogP contribution in [0.4, 0.5) is 0 Å². The molecule has 0 aliphatic carbocycles. The van der Waals surface area contributed by atoms with Crippen LogP contribution in [0.2, 0.25) is 0 Å². The van der Waals surface area contributed by atoms with Crippen LogP contribution in [-0.2, 0) is 14.3 Å². The molecule has 0 spiro atoms. The Bertz CT molecular complexity index is 270. The third-order valence-corrected chi connectivity index (χ3v) is 2.04. The first kappa shape index (κ1) is 16.2. The molecule has 9 heteroatoms. The van der Waals surface area contributed by atoms with E-state index in [4.69, 9.17) is 26.9 Å². The van der Waals surface area contributed by atoms with Gasteiger partial charge in [0.05, 0.1) is 6.61 Å². The van der Waals surface area contributed by atoms with E-state index in [9.17, 15) is 19.8 Å². The van der Waals surface area contributed by atoms with Crippen LogP contribution in [0.15, 0.2) is 0 Å². The lowest BCUT2D eigenvalue weighted by molar-refractivity contribution is -0.175. The molecule has 4 atom stereocenters. The summed E-state index contributed by atoms with van der Waals surface area (Å²) in [6.07, 6.45) is -8.10. The first-order valence-electron chi connectivity index (χ1n) is 4.48. The molecule has 0 aromatic rings. The minimum atomic E-state index is -2.25. The Morgan fingerprint density at radius 1 is 1.12 bits per heavy atom. The Kier molecular flexibility index (Phi) is 7.19. The number of hydrogen-bond donors (Lipinski definition) is 5. The lowest BCUT2D eigenvalue weighted by atomic mass is 10.0. The Morgan fingerprint density at radius 2 is 1.65 bits per heavy atom. The molecule has 0 aromatic carbocycles. The lowest BCUT2D eigenvalue weighted by Gasteiger charge is -2.23. The molecule has 0 saturated heterocycles. The van der Waals surface area contributed by atoms with E-state index >= 15 is 0 Å². The molecule has 0 saturated carbocycles. The lowest BCUT2D eigenvalue weighted by Crippen LogP contribution is -2.49. The molecule has 8 nitrogen and oxygen atoms in total. The van der Waals surface area contributed by atoms with Gasteiger partial charge in [0.25, 0.3) is 0 Å². The molecule has 0 aromatic heterocycles. The van der Waals surface area contributed by atoms with E-state index in [0.717, 1.165) is 0 Å². The quantitative estimate of drug-likeness (QED) is 0.192. The van der Waals surface area contributed by atoms with Crippen molar-refractivity contribution in [1.29, 1.82) is 0 Å². The summed E-state index contributed by atoms with van der Waals surface area (Å²) >= 11 is 5.02. The SMILES string of the molecule is O=C(CCl)OC(=O)[C@H](O)[C@@H](O)[C@H](O)[C@H](O)CO. The fourth-order valence-electron chi connectivity index (χ4n) is 0.862. The van der Waals surface area contributed by atoms with Crippen molar-refractivity contribution in [2.75, 3.05) is 12.5 Å². The van der Waals surface area contributed by atoms with Crippen LogP contribution in [0, 0.1) is 0 Å². The van der Waals surface area contributed by atoms with Crippen molar-refractivity contribution in [2.24, 2.45) is 0 Å². The zero-order valence-electron chi connectivity index (χ0n) is 8.56. The maximum absolute atomic E-state index is 11.0. The normalized spacial score (nSPS) is 18.0. The highest BCUT2D eigenvalue weighted by atomic mass is 35.5. The van der Waals surface area contributed by atoms with Gasteiger partial charge in [-0.1, -0.05) is 0 Å². The van der Waals surface area contributed by atoms with E-state index in [-0.39, 0.29) is 0 Å². The van der Waals surface area contributed by atoms with E-state index in [2.05, 4.69) is 4.74 Å². The molecule has 0 amide bonds. The highest BCUT2D eigenvalue weighted by molar-refractivity contribution is 6.27. The van der Waals surface area contributed by atoms with E-state index in [1.165, 1.54) is 0 Å². The summed E-state index contributed by atoms with van der Waals surface area (Å²) in [5, 5.41) is 45.0. The van der Waals surface area contributed by atoms with Crippen LogP contribution < -0.4 is 0 Å². The van der Waals surface area contributed by atoms with Gasteiger partial charge in [0.1, 0.15) is 24.2 Å². The van der Waals surface area contributed by atoms with Gasteiger partial charge in [-0.05, 0) is 0 Å². The van der Waals surface area contributed by atoms with Gasteiger partial charge in [0.15, 0.2) is 6.10 Å². The number of halogens is 1. The fourth-order valence-corrected chi connectivity index (χ4v) is 0.916. The van der Waals surface area contributed by atoms with Gasteiger partial charge in [0, 0.05) is 0 Å². The molecular weight excluding hydrogens is 260 g/mol. The van der Waals surface area contributed by atoms with Gasteiger partial charge in [-0.2, -0.15) is 0 Å². The second-order valence-electron chi connectivity index (χ2n) is 3.10. The van der Waals surface area contributed by atoms with E-state index in [0.29, 0.717) is 0 Å². The number of alkyl halides is 1. The Morgan fingerprint density at radius 3 is 2.06 bits per heavy atom. The number of aliphatic hydroxyl groups excluding tert-OH is 5. The molecule has 0 radical (unpaired) electrons. The Balaban J connectivity index is 4.43. The largest absolute Gasteiger partial charge is 0.394 e.